The van der Waals surface area contributed by atoms with E-state index in [4.69, 9.17) is 11.5 Å². The van der Waals surface area contributed by atoms with Gasteiger partial charge in [-0.3, -0.25) is 4.79 Å². The molecular weight excluding hydrogens is 313 g/mol. The first kappa shape index (κ1) is 13.4. The summed E-state index contributed by atoms with van der Waals surface area (Å²) in [6.45, 7) is 0. The summed E-state index contributed by atoms with van der Waals surface area (Å²) in [4.78, 5) is 11.2. The van der Waals surface area contributed by atoms with Crippen molar-refractivity contribution in [2.24, 2.45) is 5.73 Å². The summed E-state index contributed by atoms with van der Waals surface area (Å²) < 4.78 is 13.5. The van der Waals surface area contributed by atoms with Crippen molar-refractivity contribution in [3.63, 3.8) is 0 Å². The molecule has 0 spiro atoms. The predicted molar refractivity (Wildman–Crippen MR) is 76.8 cm³/mol. The molecule has 0 fully saturated rings. The van der Waals surface area contributed by atoms with Crippen LogP contribution in [0.5, 0.6) is 0 Å². The molecule has 2 aromatic rings. The Kier molecular flexibility index (Phi) is 3.71. The number of benzene rings is 2. The summed E-state index contributed by atoms with van der Waals surface area (Å²) in [5.74, 6) is -0.953. The van der Waals surface area contributed by atoms with E-state index in [9.17, 15) is 9.18 Å². The minimum Gasteiger partial charge on any atom is -0.396 e. The molecule has 0 aliphatic rings. The van der Waals surface area contributed by atoms with Crippen LogP contribution < -0.4 is 16.8 Å². The van der Waals surface area contributed by atoms with E-state index < -0.39 is 5.91 Å². The van der Waals surface area contributed by atoms with Crippen molar-refractivity contribution in [2.75, 3.05) is 11.1 Å². The van der Waals surface area contributed by atoms with Crippen molar-refractivity contribution >= 4 is 38.9 Å². The first-order chi connectivity index (χ1) is 8.99. The Morgan fingerprint density at radius 3 is 2.63 bits per heavy atom. The zero-order valence-electron chi connectivity index (χ0n) is 9.78. The maximum absolute atomic E-state index is 13.1. The van der Waals surface area contributed by atoms with Gasteiger partial charge in [-0.05, 0) is 46.3 Å². The lowest BCUT2D eigenvalue weighted by Crippen LogP contribution is -2.14. The molecule has 2 aromatic carbocycles. The van der Waals surface area contributed by atoms with E-state index in [1.807, 2.05) is 0 Å². The molecule has 0 aliphatic carbocycles. The third-order valence-corrected chi connectivity index (χ3v) is 3.18. The highest BCUT2D eigenvalue weighted by molar-refractivity contribution is 9.10. The van der Waals surface area contributed by atoms with Gasteiger partial charge in [0.1, 0.15) is 5.82 Å². The monoisotopic (exact) mass is 323 g/mol. The molecule has 0 radical (unpaired) electrons. The number of hydrogen-bond acceptors (Lipinski definition) is 3. The molecule has 5 N–H and O–H groups in total. The number of nitrogens with one attached hydrogen (secondary N) is 1. The zero-order valence-corrected chi connectivity index (χ0v) is 11.4. The molecule has 98 valence electrons. The number of nitrogen functional groups attached to an aromatic ring is 1. The Balaban J connectivity index is 2.35. The molecule has 0 saturated carbocycles. The highest BCUT2D eigenvalue weighted by atomic mass is 79.9. The van der Waals surface area contributed by atoms with Crippen molar-refractivity contribution in [2.45, 2.75) is 0 Å². The first-order valence-corrected chi connectivity index (χ1v) is 6.18. The average Bonchev–Trinajstić information content (AvgIpc) is 2.36. The minimum atomic E-state index is -0.596. The van der Waals surface area contributed by atoms with Gasteiger partial charge in [-0.25, -0.2) is 4.39 Å². The zero-order chi connectivity index (χ0) is 14.0. The van der Waals surface area contributed by atoms with Gasteiger partial charge < -0.3 is 16.8 Å². The number of rotatable bonds is 3. The second kappa shape index (κ2) is 5.27. The second-order valence-corrected chi connectivity index (χ2v) is 4.74. The van der Waals surface area contributed by atoms with E-state index in [2.05, 4.69) is 21.2 Å². The molecule has 2 rings (SSSR count). The molecule has 0 unspecified atom stereocenters. The molecule has 19 heavy (non-hydrogen) atoms. The second-order valence-electron chi connectivity index (χ2n) is 3.88. The van der Waals surface area contributed by atoms with E-state index in [1.54, 1.807) is 30.3 Å². The van der Waals surface area contributed by atoms with Gasteiger partial charge in [0.25, 0.3) is 5.91 Å². The van der Waals surface area contributed by atoms with Crippen LogP contribution in [-0.4, -0.2) is 5.91 Å². The SMILES string of the molecule is NC(=O)c1cccc(Nc2ccc(F)c(Br)c2)c1N. The lowest BCUT2D eigenvalue weighted by atomic mass is 10.1. The van der Waals surface area contributed by atoms with E-state index >= 15 is 0 Å². The van der Waals surface area contributed by atoms with Gasteiger partial charge in [0.15, 0.2) is 0 Å². The molecule has 0 saturated heterocycles. The number of carbonyl (C=O) groups excluding carboxylic acids is 1. The number of primary amides is 1. The summed E-state index contributed by atoms with van der Waals surface area (Å²) in [5, 5.41) is 3.01. The van der Waals surface area contributed by atoms with Crippen LogP contribution in [0.3, 0.4) is 0 Å². The number of amides is 1. The molecule has 0 heterocycles. The summed E-state index contributed by atoms with van der Waals surface area (Å²) in [7, 11) is 0. The minimum absolute atomic E-state index is 0.242. The van der Waals surface area contributed by atoms with Crippen molar-refractivity contribution in [3.05, 3.63) is 52.3 Å². The lowest BCUT2D eigenvalue weighted by Gasteiger charge is -2.12. The Morgan fingerprint density at radius 1 is 1.26 bits per heavy atom. The molecule has 4 nitrogen and oxygen atoms in total. The number of anilines is 3. The van der Waals surface area contributed by atoms with E-state index in [1.165, 1.54) is 6.07 Å². The Hall–Kier alpha value is -2.08. The lowest BCUT2D eigenvalue weighted by molar-refractivity contribution is 0.100. The molecule has 0 atom stereocenters. The fourth-order valence-corrected chi connectivity index (χ4v) is 2.00. The van der Waals surface area contributed by atoms with Crippen LogP contribution in [0, 0.1) is 5.82 Å². The van der Waals surface area contributed by atoms with Gasteiger partial charge in [-0.15, -0.1) is 0 Å². The molecule has 0 aliphatic heterocycles. The largest absolute Gasteiger partial charge is 0.396 e. The predicted octanol–water partition coefficient (Wildman–Crippen LogP) is 3.01. The number of carbonyl (C=O) groups is 1. The summed E-state index contributed by atoms with van der Waals surface area (Å²) in [6.07, 6.45) is 0. The maximum Gasteiger partial charge on any atom is 0.250 e. The van der Waals surface area contributed by atoms with Crippen LogP contribution >= 0.6 is 15.9 Å². The number of para-hydroxylation sites is 1. The standard InChI is InChI=1S/C13H11BrFN3O/c14-9-6-7(4-5-10(9)15)18-11-3-1-2-8(12(11)16)13(17)19/h1-6,18H,16H2,(H2,17,19). The molecule has 1 amide bonds. The average molecular weight is 324 g/mol. The van der Waals surface area contributed by atoms with Crippen LogP contribution in [0.4, 0.5) is 21.5 Å². The van der Waals surface area contributed by atoms with Gasteiger partial charge in [-0.1, -0.05) is 6.07 Å². The quantitative estimate of drug-likeness (QED) is 0.759. The third kappa shape index (κ3) is 2.85. The first-order valence-electron chi connectivity index (χ1n) is 5.39. The Bertz CT molecular complexity index is 646. The van der Waals surface area contributed by atoms with Crippen LogP contribution in [0.1, 0.15) is 10.4 Å². The molecule has 0 aromatic heterocycles. The highest BCUT2D eigenvalue weighted by Crippen LogP contribution is 2.28. The molecule has 0 bridgehead atoms. The van der Waals surface area contributed by atoms with Crippen molar-refractivity contribution in [3.8, 4) is 0 Å². The van der Waals surface area contributed by atoms with Crippen LogP contribution in [0.15, 0.2) is 40.9 Å². The van der Waals surface area contributed by atoms with Gasteiger partial charge >= 0.3 is 0 Å². The van der Waals surface area contributed by atoms with Gasteiger partial charge in [0.05, 0.1) is 21.4 Å². The maximum atomic E-state index is 13.1. The van der Waals surface area contributed by atoms with Gasteiger partial charge in [0.2, 0.25) is 0 Å². The van der Waals surface area contributed by atoms with Crippen molar-refractivity contribution < 1.29 is 9.18 Å². The number of hydrogen-bond donors (Lipinski definition) is 3. The van der Waals surface area contributed by atoms with Gasteiger partial charge in [0, 0.05) is 5.69 Å². The Morgan fingerprint density at radius 2 is 2.00 bits per heavy atom. The number of nitrogens with two attached hydrogens (primary N) is 2. The van der Waals surface area contributed by atoms with E-state index in [0.29, 0.717) is 15.8 Å². The molecule has 6 heteroatoms. The van der Waals surface area contributed by atoms with Crippen LogP contribution in [0.25, 0.3) is 0 Å². The fourth-order valence-electron chi connectivity index (χ4n) is 1.62. The van der Waals surface area contributed by atoms with Crippen LogP contribution in [-0.2, 0) is 0 Å². The van der Waals surface area contributed by atoms with Crippen LogP contribution in [0.2, 0.25) is 0 Å². The highest BCUT2D eigenvalue weighted by Gasteiger charge is 2.10. The summed E-state index contributed by atoms with van der Waals surface area (Å²) in [5.41, 5.74) is 12.7. The van der Waals surface area contributed by atoms with E-state index in [0.717, 1.165) is 0 Å². The van der Waals surface area contributed by atoms with Crippen molar-refractivity contribution in [1.82, 2.24) is 0 Å². The summed E-state index contributed by atoms with van der Waals surface area (Å²) in [6, 6.07) is 9.38. The van der Waals surface area contributed by atoms with Crippen molar-refractivity contribution in [1.29, 1.82) is 0 Å². The number of halogens is 2. The van der Waals surface area contributed by atoms with Gasteiger partial charge in [-0.2, -0.15) is 0 Å². The Labute approximate surface area is 117 Å². The summed E-state index contributed by atoms with van der Waals surface area (Å²) >= 11 is 3.10. The topological polar surface area (TPSA) is 81.1 Å². The molecular formula is C13H11BrFN3O. The fraction of sp³-hybridized carbons (Fsp3) is 0. The third-order valence-electron chi connectivity index (χ3n) is 2.57. The van der Waals surface area contributed by atoms with E-state index in [-0.39, 0.29) is 17.1 Å². The normalized spacial score (nSPS) is 10.2. The smallest absolute Gasteiger partial charge is 0.250 e.